The molecule has 1 N–H and O–H groups in total. The van der Waals surface area contributed by atoms with Crippen molar-refractivity contribution in [2.75, 3.05) is 7.11 Å². The zero-order valence-electron chi connectivity index (χ0n) is 14.6. The van der Waals surface area contributed by atoms with Gasteiger partial charge in [0.15, 0.2) is 5.16 Å². The van der Waals surface area contributed by atoms with Crippen LogP contribution in [0.15, 0.2) is 58.2 Å². The Balaban J connectivity index is 1.79. The smallest absolute Gasteiger partial charge is 0.373 e. The number of aromatic nitrogens is 2. The van der Waals surface area contributed by atoms with Crippen LogP contribution in [-0.4, -0.2) is 27.7 Å². The predicted octanol–water partition coefficient (Wildman–Crippen LogP) is 3.66. The van der Waals surface area contributed by atoms with E-state index >= 15 is 0 Å². The fourth-order valence-electron chi connectivity index (χ4n) is 2.70. The van der Waals surface area contributed by atoms with Gasteiger partial charge in [0.05, 0.1) is 37.4 Å². The van der Waals surface area contributed by atoms with Crippen LogP contribution in [0.4, 0.5) is 0 Å². The lowest BCUT2D eigenvalue weighted by Crippen LogP contribution is -2.11. The minimum Gasteiger partial charge on any atom is -0.463 e. The molecule has 0 aliphatic rings. The summed E-state index contributed by atoms with van der Waals surface area (Å²) in [5, 5.41) is 10.4. The number of hydrogen-bond acceptors (Lipinski definition) is 6. The van der Waals surface area contributed by atoms with E-state index in [1.807, 2.05) is 22.8 Å². The van der Waals surface area contributed by atoms with Crippen molar-refractivity contribution in [2.24, 2.45) is 0 Å². The van der Waals surface area contributed by atoms with E-state index in [1.165, 1.54) is 18.9 Å². The van der Waals surface area contributed by atoms with Gasteiger partial charge in [0.1, 0.15) is 5.76 Å². The van der Waals surface area contributed by atoms with Gasteiger partial charge in [-0.15, -0.1) is 0 Å². The first-order valence-electron chi connectivity index (χ1n) is 8.15. The first kappa shape index (κ1) is 18.3. The van der Waals surface area contributed by atoms with Gasteiger partial charge < -0.3 is 18.8 Å². The van der Waals surface area contributed by atoms with E-state index in [-0.39, 0.29) is 18.4 Å². The number of esters is 1. The van der Waals surface area contributed by atoms with Crippen molar-refractivity contribution in [3.05, 3.63) is 71.4 Å². The van der Waals surface area contributed by atoms with Crippen LogP contribution in [-0.2, 0) is 17.1 Å². The van der Waals surface area contributed by atoms with E-state index in [9.17, 15) is 9.90 Å². The Morgan fingerprint density at radius 3 is 2.77 bits per heavy atom. The van der Waals surface area contributed by atoms with Gasteiger partial charge in [0.25, 0.3) is 0 Å². The van der Waals surface area contributed by atoms with Crippen LogP contribution < -0.4 is 0 Å². The van der Waals surface area contributed by atoms with Gasteiger partial charge in [0, 0.05) is 0 Å². The highest BCUT2D eigenvalue weighted by Gasteiger charge is 2.18. The molecular formula is C19H20N2O4S. The molecule has 0 spiro atoms. The number of carbonyl (C=O) groups excluding carboxylic acids is 1. The molecule has 0 aliphatic heterocycles. The number of aliphatic hydroxyl groups is 1. The highest BCUT2D eigenvalue weighted by Crippen LogP contribution is 2.29. The second kappa shape index (κ2) is 8.25. The number of carbonyl (C=O) groups is 1. The first-order chi connectivity index (χ1) is 12.6. The van der Waals surface area contributed by atoms with Gasteiger partial charge in [-0.05, 0) is 24.6 Å². The number of rotatable bonds is 7. The summed E-state index contributed by atoms with van der Waals surface area (Å²) in [4.78, 5) is 15.9. The quantitative estimate of drug-likeness (QED) is 0.504. The number of ether oxygens (including phenoxy) is 1. The van der Waals surface area contributed by atoms with Gasteiger partial charge in [-0.25, -0.2) is 9.78 Å². The lowest BCUT2D eigenvalue weighted by atomic mass is 10.1. The number of benzene rings is 1. The average molecular weight is 372 g/mol. The standard InChI is InChI=1S/C19H20N2O4S/c1-13(14-6-4-3-5-7-14)21-15(11-22)10-20-19(21)26-12-16-8-9-17(25-16)18(23)24-2/h3-10,13,22H,11-12H2,1-2H3. The lowest BCUT2D eigenvalue weighted by molar-refractivity contribution is 0.0563. The van der Waals surface area contributed by atoms with Crippen molar-refractivity contribution in [1.29, 1.82) is 0 Å². The van der Waals surface area contributed by atoms with Crippen LogP contribution >= 0.6 is 11.8 Å². The summed E-state index contributed by atoms with van der Waals surface area (Å²) in [6.45, 7) is 1.99. The molecule has 0 saturated heterocycles. The van der Waals surface area contributed by atoms with Gasteiger partial charge in [-0.1, -0.05) is 42.1 Å². The van der Waals surface area contributed by atoms with Crippen molar-refractivity contribution < 1.29 is 19.1 Å². The molecule has 0 bridgehead atoms. The van der Waals surface area contributed by atoms with Crippen LogP contribution in [0.25, 0.3) is 0 Å². The maximum atomic E-state index is 11.5. The monoisotopic (exact) mass is 372 g/mol. The van der Waals surface area contributed by atoms with E-state index in [0.717, 1.165) is 16.4 Å². The predicted molar refractivity (Wildman–Crippen MR) is 98.0 cm³/mol. The zero-order valence-corrected chi connectivity index (χ0v) is 15.4. The Labute approximate surface area is 155 Å². The number of furan rings is 1. The molecule has 2 heterocycles. The molecule has 2 aromatic heterocycles. The Kier molecular flexibility index (Phi) is 5.80. The van der Waals surface area contributed by atoms with Gasteiger partial charge >= 0.3 is 5.97 Å². The molecule has 1 unspecified atom stereocenters. The number of nitrogens with zero attached hydrogens (tertiary/aromatic N) is 2. The summed E-state index contributed by atoms with van der Waals surface area (Å²) in [6, 6.07) is 13.4. The fourth-order valence-corrected chi connectivity index (χ4v) is 3.67. The fraction of sp³-hybridized carbons (Fsp3) is 0.263. The molecular weight excluding hydrogens is 352 g/mol. The van der Waals surface area contributed by atoms with Crippen molar-refractivity contribution in [3.63, 3.8) is 0 Å². The molecule has 136 valence electrons. The van der Waals surface area contributed by atoms with E-state index < -0.39 is 5.97 Å². The van der Waals surface area contributed by atoms with Crippen molar-refractivity contribution in [2.45, 2.75) is 30.5 Å². The highest BCUT2D eigenvalue weighted by atomic mass is 32.2. The third-order valence-electron chi connectivity index (χ3n) is 4.06. The van der Waals surface area contributed by atoms with E-state index in [0.29, 0.717) is 11.5 Å². The summed E-state index contributed by atoms with van der Waals surface area (Å²) in [6.07, 6.45) is 1.68. The SMILES string of the molecule is COC(=O)c1ccc(CSc2ncc(CO)n2C(C)c2ccccc2)o1. The minimum atomic E-state index is -0.497. The molecule has 1 atom stereocenters. The maximum absolute atomic E-state index is 11.5. The second-order valence-electron chi connectivity index (χ2n) is 5.69. The summed E-state index contributed by atoms with van der Waals surface area (Å²) < 4.78 is 12.2. The van der Waals surface area contributed by atoms with Crippen LogP contribution in [0.3, 0.4) is 0 Å². The van der Waals surface area contributed by atoms with Crippen LogP contribution in [0.5, 0.6) is 0 Å². The Bertz CT molecular complexity index is 873. The molecule has 1 aromatic carbocycles. The molecule has 0 amide bonds. The van der Waals surface area contributed by atoms with Gasteiger partial charge in [-0.3, -0.25) is 0 Å². The van der Waals surface area contributed by atoms with Gasteiger partial charge in [0.2, 0.25) is 5.76 Å². The number of imidazole rings is 1. The number of hydrogen-bond donors (Lipinski definition) is 1. The van der Waals surface area contributed by atoms with Crippen LogP contribution in [0.2, 0.25) is 0 Å². The third-order valence-corrected chi connectivity index (χ3v) is 5.05. The first-order valence-corrected chi connectivity index (χ1v) is 9.14. The molecule has 0 saturated carbocycles. The third kappa shape index (κ3) is 3.84. The lowest BCUT2D eigenvalue weighted by Gasteiger charge is -2.19. The number of aliphatic hydroxyl groups excluding tert-OH is 1. The van der Waals surface area contributed by atoms with Crippen LogP contribution in [0.1, 0.15) is 40.5 Å². The Hall–Kier alpha value is -2.51. The normalized spacial score (nSPS) is 12.1. The maximum Gasteiger partial charge on any atom is 0.373 e. The molecule has 3 rings (SSSR count). The summed E-state index contributed by atoms with van der Waals surface area (Å²) in [7, 11) is 1.32. The van der Waals surface area contributed by atoms with Crippen LogP contribution in [0, 0.1) is 0 Å². The van der Waals surface area contributed by atoms with Gasteiger partial charge in [-0.2, -0.15) is 0 Å². The molecule has 7 heteroatoms. The Morgan fingerprint density at radius 2 is 2.08 bits per heavy atom. The largest absolute Gasteiger partial charge is 0.463 e. The topological polar surface area (TPSA) is 77.5 Å². The Morgan fingerprint density at radius 1 is 1.31 bits per heavy atom. The van der Waals surface area contributed by atoms with Crippen molar-refractivity contribution in [1.82, 2.24) is 9.55 Å². The second-order valence-corrected chi connectivity index (χ2v) is 6.64. The minimum absolute atomic E-state index is 0.0329. The average Bonchev–Trinajstić information content (AvgIpc) is 3.32. The zero-order chi connectivity index (χ0) is 18.5. The number of thioether (sulfide) groups is 1. The molecule has 26 heavy (non-hydrogen) atoms. The number of methoxy groups -OCH3 is 1. The summed E-state index contributed by atoms with van der Waals surface area (Å²) in [5.74, 6) is 0.853. The summed E-state index contributed by atoms with van der Waals surface area (Å²) >= 11 is 1.49. The van der Waals surface area contributed by atoms with E-state index in [4.69, 9.17) is 4.42 Å². The molecule has 3 aromatic rings. The summed E-state index contributed by atoms with van der Waals surface area (Å²) in [5.41, 5.74) is 1.88. The molecule has 0 radical (unpaired) electrons. The molecule has 0 aliphatic carbocycles. The molecule has 0 fully saturated rings. The highest BCUT2D eigenvalue weighted by molar-refractivity contribution is 7.98. The van der Waals surface area contributed by atoms with Crippen molar-refractivity contribution >= 4 is 17.7 Å². The molecule has 6 nitrogen and oxygen atoms in total. The van der Waals surface area contributed by atoms with E-state index in [1.54, 1.807) is 18.3 Å². The van der Waals surface area contributed by atoms with Crippen molar-refractivity contribution in [3.8, 4) is 0 Å². The van der Waals surface area contributed by atoms with E-state index in [2.05, 4.69) is 28.8 Å².